The Hall–Kier alpha value is -2.24. The fraction of sp³-hybridized carbons (Fsp3) is 0.500. The summed E-state index contributed by atoms with van der Waals surface area (Å²) in [6.45, 7) is 6.10. The van der Waals surface area contributed by atoms with Gasteiger partial charge in [-0.05, 0) is 38.8 Å². The second-order valence-electron chi connectivity index (χ2n) is 6.23. The molecule has 1 heterocycles. The summed E-state index contributed by atoms with van der Waals surface area (Å²) in [6, 6.07) is 5.47. The van der Waals surface area contributed by atoms with Gasteiger partial charge in [0.1, 0.15) is 11.4 Å². The Morgan fingerprint density at radius 2 is 2.05 bits per heavy atom. The molecule has 0 aliphatic carbocycles. The summed E-state index contributed by atoms with van der Waals surface area (Å²) in [7, 11) is 0. The van der Waals surface area contributed by atoms with Gasteiger partial charge in [-0.15, -0.1) is 0 Å². The molecule has 0 bridgehead atoms. The van der Waals surface area contributed by atoms with Crippen LogP contribution in [0.4, 0.5) is 4.79 Å². The molecule has 2 rings (SSSR count). The second kappa shape index (κ2) is 6.25. The number of carbonyl (C=O) groups is 2. The lowest BCUT2D eigenvalue weighted by Crippen LogP contribution is -2.40. The number of amides is 1. The molecule has 0 unspecified atom stereocenters. The van der Waals surface area contributed by atoms with Crippen LogP contribution in [-0.2, 0) is 22.5 Å². The van der Waals surface area contributed by atoms with Crippen molar-refractivity contribution in [3.63, 3.8) is 0 Å². The lowest BCUT2D eigenvalue weighted by atomic mass is 9.99. The minimum atomic E-state index is -1.01. The molecule has 0 atom stereocenters. The van der Waals surface area contributed by atoms with E-state index in [-0.39, 0.29) is 12.7 Å². The predicted molar refractivity (Wildman–Crippen MR) is 79.9 cm³/mol. The number of rotatable bonds is 3. The lowest BCUT2D eigenvalue weighted by Gasteiger charge is -2.31. The molecular weight excluding hydrogens is 286 g/mol. The van der Waals surface area contributed by atoms with Gasteiger partial charge in [-0.2, -0.15) is 0 Å². The molecule has 1 N–H and O–H groups in total. The topological polar surface area (TPSA) is 76.1 Å². The van der Waals surface area contributed by atoms with Crippen LogP contribution < -0.4 is 4.74 Å². The largest absolute Gasteiger partial charge is 0.482 e. The Bertz CT molecular complexity index is 576. The van der Waals surface area contributed by atoms with Crippen molar-refractivity contribution >= 4 is 12.1 Å². The number of nitrogens with zero attached hydrogens (tertiary/aromatic N) is 1. The fourth-order valence-corrected chi connectivity index (χ4v) is 2.33. The molecule has 0 spiro atoms. The molecule has 1 amide bonds. The predicted octanol–water partition coefficient (Wildman–Crippen LogP) is 2.44. The van der Waals surface area contributed by atoms with Crippen LogP contribution in [0.15, 0.2) is 18.2 Å². The van der Waals surface area contributed by atoms with Gasteiger partial charge in [-0.3, -0.25) is 0 Å². The Kier molecular flexibility index (Phi) is 4.59. The van der Waals surface area contributed by atoms with Gasteiger partial charge in [0.25, 0.3) is 0 Å². The van der Waals surface area contributed by atoms with Crippen molar-refractivity contribution in [2.45, 2.75) is 39.3 Å². The summed E-state index contributed by atoms with van der Waals surface area (Å²) < 4.78 is 10.7. The van der Waals surface area contributed by atoms with E-state index in [1.807, 2.05) is 26.8 Å². The molecular formula is C16H21NO5. The number of benzene rings is 1. The molecule has 0 saturated heterocycles. The zero-order valence-electron chi connectivity index (χ0n) is 13.1. The number of hydrogen-bond acceptors (Lipinski definition) is 4. The van der Waals surface area contributed by atoms with Gasteiger partial charge in [0.05, 0.1) is 0 Å². The average molecular weight is 307 g/mol. The van der Waals surface area contributed by atoms with Gasteiger partial charge in [-0.25, -0.2) is 9.59 Å². The number of aliphatic carboxylic acids is 1. The van der Waals surface area contributed by atoms with Crippen molar-refractivity contribution in [3.8, 4) is 5.75 Å². The molecule has 120 valence electrons. The average Bonchev–Trinajstić information content (AvgIpc) is 2.42. The van der Waals surface area contributed by atoms with Crippen LogP contribution in [0.25, 0.3) is 0 Å². The van der Waals surface area contributed by atoms with Crippen molar-refractivity contribution in [1.29, 1.82) is 0 Å². The molecule has 1 aliphatic heterocycles. The Morgan fingerprint density at radius 1 is 1.32 bits per heavy atom. The number of carboxylic acids is 1. The van der Waals surface area contributed by atoms with Crippen LogP contribution in [0.3, 0.4) is 0 Å². The Labute approximate surface area is 129 Å². The minimum absolute atomic E-state index is 0.338. The highest BCUT2D eigenvalue weighted by atomic mass is 16.6. The second-order valence-corrected chi connectivity index (χ2v) is 6.23. The monoisotopic (exact) mass is 307 g/mol. The summed E-state index contributed by atoms with van der Waals surface area (Å²) in [6.07, 6.45) is 0.277. The first kappa shape index (κ1) is 16.1. The summed E-state index contributed by atoms with van der Waals surface area (Å²) in [5, 5.41) is 8.71. The van der Waals surface area contributed by atoms with E-state index in [2.05, 4.69) is 0 Å². The summed E-state index contributed by atoms with van der Waals surface area (Å²) in [5.41, 5.74) is 1.40. The lowest BCUT2D eigenvalue weighted by molar-refractivity contribution is -0.139. The van der Waals surface area contributed by atoms with E-state index in [1.165, 1.54) is 0 Å². The summed E-state index contributed by atoms with van der Waals surface area (Å²) >= 11 is 0. The highest BCUT2D eigenvalue weighted by molar-refractivity contribution is 5.69. The zero-order valence-corrected chi connectivity index (χ0v) is 13.1. The number of carbonyl (C=O) groups excluding carboxylic acids is 1. The van der Waals surface area contributed by atoms with Crippen molar-refractivity contribution in [1.82, 2.24) is 4.90 Å². The van der Waals surface area contributed by atoms with Crippen LogP contribution in [0, 0.1) is 0 Å². The van der Waals surface area contributed by atoms with E-state index >= 15 is 0 Å². The number of carboxylic acid groups (broad SMARTS) is 1. The quantitative estimate of drug-likeness (QED) is 0.928. The first-order valence-corrected chi connectivity index (χ1v) is 7.19. The van der Waals surface area contributed by atoms with E-state index < -0.39 is 11.6 Å². The number of hydrogen-bond donors (Lipinski definition) is 1. The molecule has 0 fully saturated rings. The highest BCUT2D eigenvalue weighted by Gasteiger charge is 2.27. The maximum absolute atomic E-state index is 12.1. The maximum atomic E-state index is 12.1. The molecule has 6 heteroatoms. The molecule has 0 saturated carbocycles. The van der Waals surface area contributed by atoms with Gasteiger partial charge >= 0.3 is 12.1 Å². The molecule has 0 radical (unpaired) electrons. The Morgan fingerprint density at radius 3 is 2.68 bits per heavy atom. The first-order chi connectivity index (χ1) is 10.3. The highest BCUT2D eigenvalue weighted by Crippen LogP contribution is 2.28. The third kappa shape index (κ3) is 4.13. The maximum Gasteiger partial charge on any atom is 0.410 e. The molecule has 0 aromatic heterocycles. The van der Waals surface area contributed by atoms with Gasteiger partial charge < -0.3 is 19.5 Å². The van der Waals surface area contributed by atoms with Crippen LogP contribution in [0.5, 0.6) is 5.75 Å². The smallest absolute Gasteiger partial charge is 0.410 e. The number of fused-ring (bicyclic) bond motifs is 1. The fourth-order valence-electron chi connectivity index (χ4n) is 2.33. The van der Waals surface area contributed by atoms with E-state index in [0.29, 0.717) is 25.3 Å². The van der Waals surface area contributed by atoms with E-state index in [4.69, 9.17) is 14.6 Å². The van der Waals surface area contributed by atoms with Crippen molar-refractivity contribution < 1.29 is 24.2 Å². The van der Waals surface area contributed by atoms with E-state index in [1.54, 1.807) is 17.0 Å². The SMILES string of the molecule is CC(C)(C)OC(=O)N1CCc2c(cccc2OCC(=O)O)C1. The van der Waals surface area contributed by atoms with Gasteiger partial charge in [0, 0.05) is 18.7 Å². The van der Waals surface area contributed by atoms with Crippen molar-refractivity contribution in [3.05, 3.63) is 29.3 Å². The van der Waals surface area contributed by atoms with E-state index in [9.17, 15) is 9.59 Å². The van der Waals surface area contributed by atoms with Crippen LogP contribution in [0.1, 0.15) is 31.9 Å². The van der Waals surface area contributed by atoms with Crippen molar-refractivity contribution in [2.24, 2.45) is 0 Å². The first-order valence-electron chi connectivity index (χ1n) is 7.19. The van der Waals surface area contributed by atoms with Crippen LogP contribution in [0.2, 0.25) is 0 Å². The number of ether oxygens (including phenoxy) is 2. The van der Waals surface area contributed by atoms with E-state index in [0.717, 1.165) is 11.1 Å². The third-order valence-electron chi connectivity index (χ3n) is 3.23. The minimum Gasteiger partial charge on any atom is -0.482 e. The molecule has 1 aliphatic rings. The Balaban J connectivity index is 2.09. The molecule has 22 heavy (non-hydrogen) atoms. The van der Waals surface area contributed by atoms with Gasteiger partial charge in [0.15, 0.2) is 6.61 Å². The van der Waals surface area contributed by atoms with Gasteiger partial charge in [0.2, 0.25) is 0 Å². The molecule has 1 aromatic carbocycles. The third-order valence-corrected chi connectivity index (χ3v) is 3.23. The molecule has 1 aromatic rings. The zero-order chi connectivity index (χ0) is 16.3. The standard InChI is InChI=1S/C16H21NO5/c1-16(2,3)22-15(20)17-8-7-12-11(9-17)5-4-6-13(12)21-10-14(18)19/h4-6H,7-10H2,1-3H3,(H,18,19). The summed E-state index contributed by atoms with van der Waals surface area (Å²) in [4.78, 5) is 24.4. The normalized spacial score (nSPS) is 14.2. The van der Waals surface area contributed by atoms with Crippen LogP contribution >= 0.6 is 0 Å². The van der Waals surface area contributed by atoms with Crippen molar-refractivity contribution in [2.75, 3.05) is 13.2 Å². The summed E-state index contributed by atoms with van der Waals surface area (Å²) in [5.74, 6) is -0.437. The molecule has 6 nitrogen and oxygen atoms in total. The van der Waals surface area contributed by atoms with Gasteiger partial charge in [-0.1, -0.05) is 12.1 Å². The van der Waals surface area contributed by atoms with Crippen LogP contribution in [-0.4, -0.2) is 40.8 Å².